The van der Waals surface area contributed by atoms with Gasteiger partial charge in [0.1, 0.15) is 11.5 Å². The second-order valence-electron chi connectivity index (χ2n) is 5.24. The lowest BCUT2D eigenvalue weighted by Gasteiger charge is -2.16. The van der Waals surface area contributed by atoms with Crippen molar-refractivity contribution in [1.82, 2.24) is 5.32 Å². The maximum absolute atomic E-state index is 12.2. The fraction of sp³-hybridized carbons (Fsp3) is 0.278. The van der Waals surface area contributed by atoms with Crippen LogP contribution < -0.4 is 20.1 Å². The third-order valence-corrected chi connectivity index (χ3v) is 3.97. The number of nitrogens with one attached hydrogen (secondary N) is 2. The van der Waals surface area contributed by atoms with Crippen LogP contribution in [-0.4, -0.2) is 26.7 Å². The van der Waals surface area contributed by atoms with Gasteiger partial charge in [-0.1, -0.05) is 29.8 Å². The molecule has 0 saturated carbocycles. The molecule has 0 fully saturated rings. The van der Waals surface area contributed by atoms with Gasteiger partial charge < -0.3 is 20.1 Å². The van der Waals surface area contributed by atoms with E-state index in [1.54, 1.807) is 32.4 Å². The second-order valence-corrected chi connectivity index (χ2v) is 5.65. The molecule has 0 aromatic heterocycles. The molecule has 2 rings (SSSR count). The van der Waals surface area contributed by atoms with Gasteiger partial charge in [-0.05, 0) is 30.7 Å². The summed E-state index contributed by atoms with van der Waals surface area (Å²) in [5.41, 5.74) is 1.51. The first-order valence-electron chi connectivity index (χ1n) is 7.55. The Labute approximate surface area is 146 Å². The van der Waals surface area contributed by atoms with Crippen molar-refractivity contribution in [3.8, 4) is 11.5 Å². The van der Waals surface area contributed by atoms with Crippen LogP contribution in [0.1, 0.15) is 18.5 Å². The molecular formula is C18H21ClN2O3. The number of carbonyl (C=O) groups is 1. The van der Waals surface area contributed by atoms with Crippen LogP contribution in [0.4, 0.5) is 5.69 Å². The molecule has 1 unspecified atom stereocenters. The molecule has 0 spiro atoms. The van der Waals surface area contributed by atoms with Crippen molar-refractivity contribution >= 4 is 23.2 Å². The molecule has 6 heteroatoms. The standard InChI is InChI=1S/C18H21ClN2O3/c1-12(14-6-4-5-7-15(14)19)20-11-18(22)21-16-10-13(23-2)8-9-17(16)24-3/h4-10,12,20H,11H2,1-3H3,(H,21,22). The third-order valence-electron chi connectivity index (χ3n) is 3.62. The smallest absolute Gasteiger partial charge is 0.238 e. The molecule has 1 amide bonds. The molecular weight excluding hydrogens is 328 g/mol. The molecule has 2 aromatic rings. The van der Waals surface area contributed by atoms with E-state index >= 15 is 0 Å². The minimum Gasteiger partial charge on any atom is -0.497 e. The van der Waals surface area contributed by atoms with Gasteiger partial charge in [0.05, 0.1) is 26.5 Å². The zero-order valence-corrected chi connectivity index (χ0v) is 14.7. The number of hydrogen-bond acceptors (Lipinski definition) is 4. The monoisotopic (exact) mass is 348 g/mol. The van der Waals surface area contributed by atoms with Crippen molar-refractivity contribution in [3.05, 3.63) is 53.1 Å². The molecule has 0 aliphatic carbocycles. The third kappa shape index (κ3) is 4.63. The Balaban J connectivity index is 1.97. The predicted octanol–water partition coefficient (Wildman–Crippen LogP) is 3.65. The molecule has 0 aliphatic heterocycles. The first-order chi connectivity index (χ1) is 11.5. The Bertz CT molecular complexity index is 706. The number of hydrogen-bond donors (Lipinski definition) is 2. The first kappa shape index (κ1) is 18.1. The van der Waals surface area contributed by atoms with Crippen LogP contribution in [0, 0.1) is 0 Å². The molecule has 5 nitrogen and oxygen atoms in total. The Morgan fingerprint density at radius 1 is 1.17 bits per heavy atom. The summed E-state index contributed by atoms with van der Waals surface area (Å²) in [6.07, 6.45) is 0. The van der Waals surface area contributed by atoms with Crippen molar-refractivity contribution in [2.75, 3.05) is 26.1 Å². The lowest BCUT2D eigenvalue weighted by molar-refractivity contribution is -0.115. The number of amides is 1. The number of halogens is 1. The van der Waals surface area contributed by atoms with Gasteiger partial charge in [0.2, 0.25) is 5.91 Å². The molecule has 1 atom stereocenters. The lowest BCUT2D eigenvalue weighted by atomic mass is 10.1. The van der Waals surface area contributed by atoms with Crippen molar-refractivity contribution in [1.29, 1.82) is 0 Å². The summed E-state index contributed by atoms with van der Waals surface area (Å²) in [5.74, 6) is 1.03. The Morgan fingerprint density at radius 3 is 2.58 bits per heavy atom. The molecule has 0 aliphatic rings. The zero-order chi connectivity index (χ0) is 17.5. The Kier molecular flexibility index (Phi) is 6.46. The number of carbonyl (C=O) groups excluding carboxylic acids is 1. The number of ether oxygens (including phenoxy) is 2. The number of methoxy groups -OCH3 is 2. The normalized spacial score (nSPS) is 11.7. The van der Waals surface area contributed by atoms with Gasteiger partial charge in [0, 0.05) is 17.1 Å². The number of anilines is 1. The van der Waals surface area contributed by atoms with Gasteiger partial charge in [-0.2, -0.15) is 0 Å². The molecule has 2 N–H and O–H groups in total. The summed E-state index contributed by atoms with van der Waals surface area (Å²) in [6, 6.07) is 12.7. The first-order valence-corrected chi connectivity index (χ1v) is 7.92. The van der Waals surface area contributed by atoms with Crippen LogP contribution in [0.2, 0.25) is 5.02 Å². The Morgan fingerprint density at radius 2 is 1.92 bits per heavy atom. The fourth-order valence-electron chi connectivity index (χ4n) is 2.29. The second kappa shape index (κ2) is 8.57. The van der Waals surface area contributed by atoms with E-state index < -0.39 is 0 Å². The van der Waals surface area contributed by atoms with E-state index in [4.69, 9.17) is 21.1 Å². The average Bonchev–Trinajstić information content (AvgIpc) is 2.60. The van der Waals surface area contributed by atoms with E-state index in [0.29, 0.717) is 22.2 Å². The topological polar surface area (TPSA) is 59.6 Å². The highest BCUT2D eigenvalue weighted by Gasteiger charge is 2.12. The van der Waals surface area contributed by atoms with E-state index in [2.05, 4.69) is 10.6 Å². The van der Waals surface area contributed by atoms with Crippen LogP contribution >= 0.6 is 11.6 Å². The molecule has 0 radical (unpaired) electrons. The summed E-state index contributed by atoms with van der Waals surface area (Å²) in [6.45, 7) is 2.10. The molecule has 2 aromatic carbocycles. The van der Waals surface area contributed by atoms with Gasteiger partial charge in [0.25, 0.3) is 0 Å². The highest BCUT2D eigenvalue weighted by atomic mass is 35.5. The van der Waals surface area contributed by atoms with E-state index in [1.807, 2.05) is 31.2 Å². The zero-order valence-electron chi connectivity index (χ0n) is 13.9. The number of rotatable bonds is 7. The molecule has 0 saturated heterocycles. The van der Waals surface area contributed by atoms with Crippen LogP contribution in [0.5, 0.6) is 11.5 Å². The largest absolute Gasteiger partial charge is 0.497 e. The van der Waals surface area contributed by atoms with Gasteiger partial charge in [-0.15, -0.1) is 0 Å². The van der Waals surface area contributed by atoms with Gasteiger partial charge >= 0.3 is 0 Å². The Hall–Kier alpha value is -2.24. The summed E-state index contributed by atoms with van der Waals surface area (Å²) in [7, 11) is 3.12. The fourth-order valence-corrected chi connectivity index (χ4v) is 2.59. The van der Waals surface area contributed by atoms with E-state index in [-0.39, 0.29) is 18.5 Å². The molecule has 0 bridgehead atoms. The van der Waals surface area contributed by atoms with Crippen LogP contribution in [0.3, 0.4) is 0 Å². The summed E-state index contributed by atoms with van der Waals surface area (Å²) in [4.78, 5) is 12.2. The van der Waals surface area contributed by atoms with Crippen molar-refractivity contribution in [3.63, 3.8) is 0 Å². The summed E-state index contributed by atoms with van der Waals surface area (Å²) < 4.78 is 10.4. The van der Waals surface area contributed by atoms with Crippen molar-refractivity contribution in [2.24, 2.45) is 0 Å². The minimum atomic E-state index is -0.180. The van der Waals surface area contributed by atoms with Gasteiger partial charge in [0.15, 0.2) is 0 Å². The maximum Gasteiger partial charge on any atom is 0.238 e. The maximum atomic E-state index is 12.2. The number of benzene rings is 2. The highest BCUT2D eigenvalue weighted by Crippen LogP contribution is 2.28. The van der Waals surface area contributed by atoms with Gasteiger partial charge in [-0.3, -0.25) is 4.79 Å². The SMILES string of the molecule is COc1ccc(OC)c(NC(=O)CNC(C)c2ccccc2Cl)c1. The molecule has 0 heterocycles. The van der Waals surface area contributed by atoms with Crippen molar-refractivity contribution < 1.29 is 14.3 Å². The average molecular weight is 349 g/mol. The highest BCUT2D eigenvalue weighted by molar-refractivity contribution is 6.31. The molecule has 128 valence electrons. The summed E-state index contributed by atoms with van der Waals surface area (Å²) >= 11 is 6.17. The van der Waals surface area contributed by atoms with Crippen LogP contribution in [0.25, 0.3) is 0 Å². The van der Waals surface area contributed by atoms with E-state index in [0.717, 1.165) is 5.56 Å². The van der Waals surface area contributed by atoms with Crippen LogP contribution in [0.15, 0.2) is 42.5 Å². The summed E-state index contributed by atoms with van der Waals surface area (Å²) in [5, 5.41) is 6.65. The quantitative estimate of drug-likeness (QED) is 0.802. The van der Waals surface area contributed by atoms with Crippen LogP contribution in [-0.2, 0) is 4.79 Å². The molecule has 24 heavy (non-hydrogen) atoms. The lowest BCUT2D eigenvalue weighted by Crippen LogP contribution is -2.30. The van der Waals surface area contributed by atoms with Crippen molar-refractivity contribution in [2.45, 2.75) is 13.0 Å². The van der Waals surface area contributed by atoms with E-state index in [9.17, 15) is 4.79 Å². The minimum absolute atomic E-state index is 0.0448. The predicted molar refractivity (Wildman–Crippen MR) is 96.0 cm³/mol. The van der Waals surface area contributed by atoms with E-state index in [1.165, 1.54) is 0 Å². The van der Waals surface area contributed by atoms with Gasteiger partial charge in [-0.25, -0.2) is 0 Å².